The maximum absolute atomic E-state index is 12.2. The molecule has 0 aliphatic carbocycles. The molecule has 2 aromatic rings. The Bertz CT molecular complexity index is 768. The molecule has 0 atom stereocenters. The number of anilines is 1. The lowest BCUT2D eigenvalue weighted by Gasteiger charge is -2.10. The van der Waals surface area contributed by atoms with Gasteiger partial charge in [-0.1, -0.05) is 43.1 Å². The predicted molar refractivity (Wildman–Crippen MR) is 94.8 cm³/mol. The molecule has 0 unspecified atom stereocenters. The van der Waals surface area contributed by atoms with Gasteiger partial charge in [0.2, 0.25) is 0 Å². The number of carbonyl (C=O) groups is 1. The van der Waals surface area contributed by atoms with Crippen LogP contribution in [0.15, 0.2) is 42.5 Å². The van der Waals surface area contributed by atoms with E-state index in [4.69, 9.17) is 16.3 Å². The quantitative estimate of drug-likeness (QED) is 0.619. The molecule has 0 bridgehead atoms. The SMILES string of the molecule is CCCCOc1ccc(Cl)cc1/C=C1\C(=O)Nc2ccccc21. The zero-order chi connectivity index (χ0) is 16.2. The largest absolute Gasteiger partial charge is 0.493 e. The van der Waals surface area contributed by atoms with E-state index < -0.39 is 0 Å². The number of carbonyl (C=O) groups excluding carboxylic acids is 1. The number of rotatable bonds is 5. The van der Waals surface area contributed by atoms with E-state index in [1.54, 1.807) is 6.07 Å². The molecular formula is C19H18ClNO2. The first-order chi connectivity index (χ1) is 11.2. The van der Waals surface area contributed by atoms with E-state index in [1.807, 2.05) is 42.5 Å². The van der Waals surface area contributed by atoms with Crippen molar-refractivity contribution in [2.45, 2.75) is 19.8 Å². The molecule has 2 aromatic carbocycles. The van der Waals surface area contributed by atoms with Crippen molar-refractivity contribution < 1.29 is 9.53 Å². The maximum atomic E-state index is 12.2. The third-order valence-corrected chi connectivity index (χ3v) is 3.97. The third-order valence-electron chi connectivity index (χ3n) is 3.74. The number of hydrogen-bond donors (Lipinski definition) is 1. The van der Waals surface area contributed by atoms with Gasteiger partial charge in [0.1, 0.15) is 5.75 Å². The smallest absolute Gasteiger partial charge is 0.256 e. The van der Waals surface area contributed by atoms with Crippen LogP contribution in [0, 0.1) is 0 Å². The summed E-state index contributed by atoms with van der Waals surface area (Å²) >= 11 is 6.11. The van der Waals surface area contributed by atoms with Crippen LogP contribution in [0.3, 0.4) is 0 Å². The van der Waals surface area contributed by atoms with Gasteiger partial charge in [0.05, 0.1) is 6.61 Å². The van der Waals surface area contributed by atoms with Crippen molar-refractivity contribution in [3.8, 4) is 5.75 Å². The molecule has 23 heavy (non-hydrogen) atoms. The molecule has 3 nitrogen and oxygen atoms in total. The Labute approximate surface area is 140 Å². The molecule has 1 heterocycles. The first-order valence-corrected chi connectivity index (χ1v) is 8.11. The molecule has 1 aliphatic rings. The van der Waals surface area contributed by atoms with Crippen LogP contribution >= 0.6 is 11.6 Å². The van der Waals surface area contributed by atoms with E-state index in [0.717, 1.165) is 35.4 Å². The van der Waals surface area contributed by atoms with Crippen LogP contribution in [0.2, 0.25) is 5.02 Å². The minimum Gasteiger partial charge on any atom is -0.493 e. The van der Waals surface area contributed by atoms with Crippen LogP contribution in [-0.2, 0) is 4.79 Å². The van der Waals surface area contributed by atoms with Gasteiger partial charge < -0.3 is 10.1 Å². The Morgan fingerprint density at radius 2 is 2.04 bits per heavy atom. The number of hydrogen-bond acceptors (Lipinski definition) is 2. The standard InChI is InChI=1S/C19H18ClNO2/c1-2-3-10-23-18-9-8-14(20)11-13(18)12-16-15-6-4-5-7-17(15)21-19(16)22/h4-9,11-12H,2-3,10H2,1H3,(H,21,22)/b16-12-. The van der Waals surface area contributed by atoms with Crippen molar-refractivity contribution in [1.29, 1.82) is 0 Å². The van der Waals surface area contributed by atoms with Crippen LogP contribution in [0.4, 0.5) is 5.69 Å². The van der Waals surface area contributed by atoms with Crippen LogP contribution in [0.1, 0.15) is 30.9 Å². The summed E-state index contributed by atoms with van der Waals surface area (Å²) in [5.74, 6) is 0.637. The van der Waals surface area contributed by atoms with E-state index in [1.165, 1.54) is 0 Å². The summed E-state index contributed by atoms with van der Waals surface area (Å²) in [5, 5.41) is 3.49. The maximum Gasteiger partial charge on any atom is 0.256 e. The lowest BCUT2D eigenvalue weighted by atomic mass is 10.0. The van der Waals surface area contributed by atoms with Crippen molar-refractivity contribution in [3.63, 3.8) is 0 Å². The van der Waals surface area contributed by atoms with Gasteiger partial charge in [-0.15, -0.1) is 0 Å². The van der Waals surface area contributed by atoms with Crippen LogP contribution in [0.25, 0.3) is 11.6 Å². The monoisotopic (exact) mass is 327 g/mol. The van der Waals surface area contributed by atoms with Gasteiger partial charge in [0.15, 0.2) is 0 Å². The van der Waals surface area contributed by atoms with Gasteiger partial charge in [-0.2, -0.15) is 0 Å². The minimum atomic E-state index is -0.106. The number of nitrogens with one attached hydrogen (secondary N) is 1. The summed E-state index contributed by atoms with van der Waals surface area (Å²) in [6, 6.07) is 13.1. The number of benzene rings is 2. The summed E-state index contributed by atoms with van der Waals surface area (Å²) in [6.07, 6.45) is 3.90. The van der Waals surface area contributed by atoms with Crippen LogP contribution < -0.4 is 10.1 Å². The highest BCUT2D eigenvalue weighted by atomic mass is 35.5. The van der Waals surface area contributed by atoms with Gasteiger partial charge in [0, 0.05) is 27.4 Å². The molecule has 1 amide bonds. The van der Waals surface area contributed by atoms with Crippen LogP contribution in [-0.4, -0.2) is 12.5 Å². The normalized spacial score (nSPS) is 14.7. The van der Waals surface area contributed by atoms with E-state index in [-0.39, 0.29) is 5.91 Å². The Kier molecular flexibility index (Phi) is 4.68. The first-order valence-electron chi connectivity index (χ1n) is 7.74. The van der Waals surface area contributed by atoms with Gasteiger partial charge in [0.25, 0.3) is 5.91 Å². The second-order valence-electron chi connectivity index (χ2n) is 5.44. The average molecular weight is 328 g/mol. The van der Waals surface area contributed by atoms with Gasteiger partial charge in [-0.05, 0) is 36.8 Å². The molecule has 118 valence electrons. The Morgan fingerprint density at radius 3 is 2.87 bits per heavy atom. The summed E-state index contributed by atoms with van der Waals surface area (Å²) in [4.78, 5) is 12.2. The van der Waals surface area contributed by atoms with E-state index in [9.17, 15) is 4.79 Å². The topological polar surface area (TPSA) is 38.3 Å². The fourth-order valence-electron chi connectivity index (χ4n) is 2.53. The number of fused-ring (bicyclic) bond motifs is 1. The molecule has 1 N–H and O–H groups in total. The summed E-state index contributed by atoms with van der Waals surface area (Å²) in [6.45, 7) is 2.77. The molecule has 0 fully saturated rings. The molecule has 1 aliphatic heterocycles. The number of para-hydroxylation sites is 1. The minimum absolute atomic E-state index is 0.106. The molecule has 0 spiro atoms. The second-order valence-corrected chi connectivity index (χ2v) is 5.88. The number of ether oxygens (including phenoxy) is 1. The summed E-state index contributed by atoms with van der Waals surface area (Å²) in [5.41, 5.74) is 3.18. The Morgan fingerprint density at radius 1 is 1.22 bits per heavy atom. The Balaban J connectivity index is 1.98. The molecule has 0 radical (unpaired) electrons. The average Bonchev–Trinajstić information content (AvgIpc) is 2.86. The number of halogens is 1. The lowest BCUT2D eigenvalue weighted by Crippen LogP contribution is -2.04. The van der Waals surface area contributed by atoms with E-state index >= 15 is 0 Å². The van der Waals surface area contributed by atoms with E-state index in [0.29, 0.717) is 17.2 Å². The zero-order valence-corrected chi connectivity index (χ0v) is 13.7. The summed E-state index contributed by atoms with van der Waals surface area (Å²) < 4.78 is 5.83. The van der Waals surface area contributed by atoms with Crippen LogP contribution in [0.5, 0.6) is 5.75 Å². The fraction of sp³-hybridized carbons (Fsp3) is 0.211. The molecular weight excluding hydrogens is 310 g/mol. The fourth-order valence-corrected chi connectivity index (χ4v) is 2.71. The zero-order valence-electron chi connectivity index (χ0n) is 12.9. The molecule has 3 rings (SSSR count). The lowest BCUT2D eigenvalue weighted by molar-refractivity contribution is -0.110. The second kappa shape index (κ2) is 6.88. The predicted octanol–water partition coefficient (Wildman–Crippen LogP) is 5.01. The Hall–Kier alpha value is -2.26. The highest BCUT2D eigenvalue weighted by Crippen LogP contribution is 2.35. The van der Waals surface area contributed by atoms with Gasteiger partial charge in [-0.25, -0.2) is 0 Å². The highest BCUT2D eigenvalue weighted by Gasteiger charge is 2.23. The van der Waals surface area contributed by atoms with Gasteiger partial charge in [-0.3, -0.25) is 4.79 Å². The molecule has 0 saturated heterocycles. The molecule has 0 saturated carbocycles. The third kappa shape index (κ3) is 3.40. The number of amides is 1. The molecule has 0 aromatic heterocycles. The highest BCUT2D eigenvalue weighted by molar-refractivity contribution is 6.35. The van der Waals surface area contributed by atoms with Crippen molar-refractivity contribution in [2.24, 2.45) is 0 Å². The van der Waals surface area contributed by atoms with Crippen molar-refractivity contribution >= 4 is 34.8 Å². The van der Waals surface area contributed by atoms with Crippen molar-refractivity contribution in [3.05, 3.63) is 58.6 Å². The molecule has 4 heteroatoms. The summed E-state index contributed by atoms with van der Waals surface area (Å²) in [7, 11) is 0. The first kappa shape index (κ1) is 15.6. The number of unbranched alkanes of at least 4 members (excludes halogenated alkanes) is 1. The van der Waals surface area contributed by atoms with E-state index in [2.05, 4.69) is 12.2 Å². The van der Waals surface area contributed by atoms with Gasteiger partial charge >= 0.3 is 0 Å². The van der Waals surface area contributed by atoms with Crippen molar-refractivity contribution in [2.75, 3.05) is 11.9 Å². The van der Waals surface area contributed by atoms with Crippen molar-refractivity contribution in [1.82, 2.24) is 0 Å².